The molecular formula is C18H24ClNO. The maximum absolute atomic E-state index is 9.53. The zero-order valence-corrected chi connectivity index (χ0v) is 13.9. The van der Waals surface area contributed by atoms with E-state index >= 15 is 0 Å². The third-order valence-electron chi connectivity index (χ3n) is 3.64. The number of hydrogen-bond acceptors (Lipinski definition) is 2. The van der Waals surface area contributed by atoms with Crippen molar-refractivity contribution >= 4 is 28.8 Å². The van der Waals surface area contributed by atoms with Crippen molar-refractivity contribution in [3.8, 4) is 5.75 Å². The number of benzene rings is 2. The van der Waals surface area contributed by atoms with Crippen LogP contribution in [0.4, 0.5) is 0 Å². The lowest BCUT2D eigenvalue weighted by Gasteiger charge is -2.20. The van der Waals surface area contributed by atoms with Crippen molar-refractivity contribution < 1.29 is 5.11 Å². The Kier molecular flexibility index (Phi) is 6.25. The van der Waals surface area contributed by atoms with E-state index in [1.807, 2.05) is 6.07 Å². The fraction of sp³-hybridized carbons (Fsp3) is 0.333. The molecule has 0 radical (unpaired) electrons. The van der Waals surface area contributed by atoms with Gasteiger partial charge in [-0.3, -0.25) is 0 Å². The summed E-state index contributed by atoms with van der Waals surface area (Å²) in [6.07, 6.45) is 2.20. The molecule has 2 aromatic rings. The standard InChI is InChI=1S/C18H23NO.ClH/c1-5-18(13(2)12-19(3)4)16-7-6-15-11-17(20)9-8-14(15)10-16;/h5-11,13,20H,12H2,1-4H3;1H/b18-5-;. The van der Waals surface area contributed by atoms with Crippen molar-refractivity contribution in [3.05, 3.63) is 48.0 Å². The Morgan fingerprint density at radius 1 is 1.14 bits per heavy atom. The maximum Gasteiger partial charge on any atom is 0.116 e. The molecule has 3 heteroatoms. The first kappa shape index (κ1) is 17.5. The lowest BCUT2D eigenvalue weighted by Crippen LogP contribution is -2.20. The normalized spacial score (nSPS) is 13.3. The molecule has 0 aromatic heterocycles. The predicted octanol–water partition coefficient (Wildman–Crippen LogP) is 4.57. The first-order valence-corrected chi connectivity index (χ1v) is 7.05. The van der Waals surface area contributed by atoms with Crippen LogP contribution < -0.4 is 0 Å². The van der Waals surface area contributed by atoms with Crippen molar-refractivity contribution in [2.24, 2.45) is 5.92 Å². The van der Waals surface area contributed by atoms with Crippen LogP contribution in [-0.2, 0) is 0 Å². The number of allylic oxidation sites excluding steroid dienone is 1. The summed E-state index contributed by atoms with van der Waals surface area (Å²) in [5, 5.41) is 11.8. The second-order valence-electron chi connectivity index (χ2n) is 5.65. The number of halogens is 1. The minimum atomic E-state index is 0. The molecule has 1 atom stereocenters. The van der Waals surface area contributed by atoms with Gasteiger partial charge in [-0.2, -0.15) is 0 Å². The largest absolute Gasteiger partial charge is 0.508 e. The fourth-order valence-electron chi connectivity index (χ4n) is 2.79. The summed E-state index contributed by atoms with van der Waals surface area (Å²) in [7, 11) is 4.21. The fourth-order valence-corrected chi connectivity index (χ4v) is 2.79. The van der Waals surface area contributed by atoms with E-state index in [1.54, 1.807) is 12.1 Å². The van der Waals surface area contributed by atoms with Crippen molar-refractivity contribution in [3.63, 3.8) is 0 Å². The number of fused-ring (bicyclic) bond motifs is 1. The molecule has 2 nitrogen and oxygen atoms in total. The summed E-state index contributed by atoms with van der Waals surface area (Å²) < 4.78 is 0. The number of aromatic hydroxyl groups is 1. The zero-order valence-electron chi connectivity index (χ0n) is 13.1. The summed E-state index contributed by atoms with van der Waals surface area (Å²) in [4.78, 5) is 2.22. The van der Waals surface area contributed by atoms with Crippen LogP contribution in [-0.4, -0.2) is 30.6 Å². The van der Waals surface area contributed by atoms with Crippen LogP contribution in [0.2, 0.25) is 0 Å². The van der Waals surface area contributed by atoms with Crippen molar-refractivity contribution in [2.75, 3.05) is 20.6 Å². The first-order valence-electron chi connectivity index (χ1n) is 7.05. The molecule has 114 valence electrons. The predicted molar refractivity (Wildman–Crippen MR) is 94.2 cm³/mol. The molecule has 1 N–H and O–H groups in total. The highest BCUT2D eigenvalue weighted by molar-refractivity contribution is 5.87. The van der Waals surface area contributed by atoms with Gasteiger partial charge in [0.25, 0.3) is 0 Å². The Morgan fingerprint density at radius 2 is 1.76 bits per heavy atom. The first-order chi connectivity index (χ1) is 9.51. The average molecular weight is 306 g/mol. The van der Waals surface area contributed by atoms with E-state index in [0.29, 0.717) is 11.7 Å². The zero-order chi connectivity index (χ0) is 14.7. The average Bonchev–Trinajstić information content (AvgIpc) is 2.38. The molecule has 0 fully saturated rings. The van der Waals surface area contributed by atoms with Crippen LogP contribution in [0, 0.1) is 5.92 Å². The van der Waals surface area contributed by atoms with E-state index < -0.39 is 0 Å². The second-order valence-corrected chi connectivity index (χ2v) is 5.65. The molecule has 0 aliphatic carbocycles. The molecule has 0 saturated carbocycles. The number of hydrogen-bond donors (Lipinski definition) is 1. The maximum atomic E-state index is 9.53. The molecule has 1 unspecified atom stereocenters. The van der Waals surface area contributed by atoms with E-state index in [1.165, 1.54) is 11.1 Å². The number of nitrogens with zero attached hydrogens (tertiary/aromatic N) is 1. The number of rotatable bonds is 4. The van der Waals surface area contributed by atoms with Gasteiger partial charge >= 0.3 is 0 Å². The van der Waals surface area contributed by atoms with Gasteiger partial charge in [-0.05, 0) is 67.0 Å². The Balaban J connectivity index is 0.00000220. The van der Waals surface area contributed by atoms with Crippen LogP contribution in [0.15, 0.2) is 42.5 Å². The lowest BCUT2D eigenvalue weighted by atomic mass is 9.92. The summed E-state index contributed by atoms with van der Waals surface area (Å²) >= 11 is 0. The molecule has 0 amide bonds. The Labute approximate surface area is 133 Å². The lowest BCUT2D eigenvalue weighted by molar-refractivity contribution is 0.376. The van der Waals surface area contributed by atoms with Gasteiger partial charge < -0.3 is 10.0 Å². The Bertz CT molecular complexity index is 634. The molecule has 0 heterocycles. The summed E-state index contributed by atoms with van der Waals surface area (Å²) in [6, 6.07) is 11.9. The Hall–Kier alpha value is -1.51. The molecular weight excluding hydrogens is 282 g/mol. The van der Waals surface area contributed by atoms with Gasteiger partial charge in [0.2, 0.25) is 0 Å². The van der Waals surface area contributed by atoms with E-state index in [2.05, 4.69) is 57.1 Å². The van der Waals surface area contributed by atoms with Crippen LogP contribution >= 0.6 is 12.4 Å². The molecule has 21 heavy (non-hydrogen) atoms. The molecule has 2 rings (SSSR count). The summed E-state index contributed by atoms with van der Waals surface area (Å²) in [6.45, 7) is 5.39. The van der Waals surface area contributed by atoms with Gasteiger partial charge in [0.15, 0.2) is 0 Å². The van der Waals surface area contributed by atoms with E-state index in [9.17, 15) is 5.11 Å². The third kappa shape index (κ3) is 4.23. The van der Waals surface area contributed by atoms with Gasteiger partial charge in [-0.25, -0.2) is 0 Å². The van der Waals surface area contributed by atoms with E-state index in [4.69, 9.17) is 0 Å². The SMILES string of the molecule is C/C=C(\c1ccc2cc(O)ccc2c1)C(C)CN(C)C.Cl. The quantitative estimate of drug-likeness (QED) is 0.894. The van der Waals surface area contributed by atoms with Gasteiger partial charge in [0, 0.05) is 6.54 Å². The topological polar surface area (TPSA) is 23.5 Å². The number of phenols is 1. The highest BCUT2D eigenvalue weighted by atomic mass is 35.5. The van der Waals surface area contributed by atoms with Gasteiger partial charge in [0.05, 0.1) is 0 Å². The molecule has 0 saturated heterocycles. The highest BCUT2D eigenvalue weighted by Gasteiger charge is 2.11. The minimum Gasteiger partial charge on any atom is -0.508 e. The van der Waals surface area contributed by atoms with Gasteiger partial charge in [0.1, 0.15) is 5.75 Å². The molecule has 2 aromatic carbocycles. The monoisotopic (exact) mass is 305 g/mol. The minimum absolute atomic E-state index is 0. The second kappa shape index (κ2) is 7.48. The Morgan fingerprint density at radius 3 is 2.38 bits per heavy atom. The molecule has 0 aliphatic rings. The molecule has 0 spiro atoms. The van der Waals surface area contributed by atoms with Gasteiger partial charge in [-0.1, -0.05) is 31.2 Å². The third-order valence-corrected chi connectivity index (χ3v) is 3.64. The molecule has 0 aliphatic heterocycles. The summed E-state index contributed by atoms with van der Waals surface area (Å²) in [5.74, 6) is 0.807. The van der Waals surface area contributed by atoms with E-state index in [0.717, 1.165) is 17.3 Å². The van der Waals surface area contributed by atoms with Crippen LogP contribution in [0.3, 0.4) is 0 Å². The summed E-state index contributed by atoms with van der Waals surface area (Å²) in [5.41, 5.74) is 2.63. The van der Waals surface area contributed by atoms with Crippen LogP contribution in [0.5, 0.6) is 5.75 Å². The van der Waals surface area contributed by atoms with Crippen LogP contribution in [0.25, 0.3) is 16.3 Å². The smallest absolute Gasteiger partial charge is 0.116 e. The van der Waals surface area contributed by atoms with E-state index in [-0.39, 0.29) is 12.4 Å². The van der Waals surface area contributed by atoms with Crippen LogP contribution in [0.1, 0.15) is 19.4 Å². The number of phenolic OH excluding ortho intramolecular Hbond substituents is 1. The van der Waals surface area contributed by atoms with Gasteiger partial charge in [-0.15, -0.1) is 12.4 Å². The molecule has 0 bridgehead atoms. The van der Waals surface area contributed by atoms with Crippen molar-refractivity contribution in [1.82, 2.24) is 4.90 Å². The highest BCUT2D eigenvalue weighted by Crippen LogP contribution is 2.28. The van der Waals surface area contributed by atoms with Crippen molar-refractivity contribution in [1.29, 1.82) is 0 Å². The van der Waals surface area contributed by atoms with Crippen molar-refractivity contribution in [2.45, 2.75) is 13.8 Å².